The third-order valence-electron chi connectivity index (χ3n) is 2.29. The molecule has 0 aliphatic rings. The average molecular weight is 319 g/mol. The number of carboxylic acids is 1. The molecule has 0 radical (unpaired) electrons. The minimum absolute atomic E-state index is 0.218. The SMILES string of the molecule is O=C(O)c1csc(S(=O)(=O)Nc2c(F)cccc2F)c1. The predicted octanol–water partition coefficient (Wildman–Crippen LogP) is 2.53. The summed E-state index contributed by atoms with van der Waals surface area (Å²) in [5.74, 6) is -3.42. The van der Waals surface area contributed by atoms with Crippen molar-refractivity contribution in [3.63, 3.8) is 0 Å². The lowest BCUT2D eigenvalue weighted by molar-refractivity contribution is 0.0697. The summed E-state index contributed by atoms with van der Waals surface area (Å²) in [5, 5.41) is 9.83. The molecule has 0 aliphatic heterocycles. The Hall–Kier alpha value is -2.00. The van der Waals surface area contributed by atoms with Crippen LogP contribution in [-0.4, -0.2) is 19.5 Å². The first kappa shape index (κ1) is 14.4. The van der Waals surface area contributed by atoms with Gasteiger partial charge in [-0.05, 0) is 18.2 Å². The summed E-state index contributed by atoms with van der Waals surface area (Å²) in [6.07, 6.45) is 0. The maximum Gasteiger partial charge on any atom is 0.336 e. The van der Waals surface area contributed by atoms with Crippen LogP contribution in [-0.2, 0) is 10.0 Å². The van der Waals surface area contributed by atoms with Crippen molar-refractivity contribution in [3.05, 3.63) is 46.8 Å². The van der Waals surface area contributed by atoms with Crippen molar-refractivity contribution in [2.75, 3.05) is 4.72 Å². The van der Waals surface area contributed by atoms with Crippen LogP contribution in [0.15, 0.2) is 33.9 Å². The molecule has 5 nitrogen and oxygen atoms in total. The number of benzene rings is 1. The van der Waals surface area contributed by atoms with Crippen molar-refractivity contribution >= 4 is 33.0 Å². The number of nitrogens with one attached hydrogen (secondary N) is 1. The van der Waals surface area contributed by atoms with Crippen LogP contribution in [0.1, 0.15) is 10.4 Å². The number of rotatable bonds is 4. The summed E-state index contributed by atoms with van der Waals surface area (Å²) >= 11 is 0.640. The van der Waals surface area contributed by atoms with Gasteiger partial charge < -0.3 is 5.11 Å². The van der Waals surface area contributed by atoms with Gasteiger partial charge in [0.25, 0.3) is 10.0 Å². The summed E-state index contributed by atoms with van der Waals surface area (Å²) in [7, 11) is -4.25. The highest BCUT2D eigenvalue weighted by molar-refractivity contribution is 7.94. The smallest absolute Gasteiger partial charge is 0.336 e. The molecule has 0 fully saturated rings. The van der Waals surface area contributed by atoms with Crippen molar-refractivity contribution < 1.29 is 27.1 Å². The summed E-state index contributed by atoms with van der Waals surface area (Å²) in [4.78, 5) is 10.7. The minimum atomic E-state index is -4.25. The van der Waals surface area contributed by atoms with Crippen LogP contribution in [0, 0.1) is 11.6 Å². The van der Waals surface area contributed by atoms with Gasteiger partial charge in [-0.15, -0.1) is 11.3 Å². The topological polar surface area (TPSA) is 83.5 Å². The second-order valence-corrected chi connectivity index (χ2v) is 6.48. The van der Waals surface area contributed by atoms with Crippen molar-refractivity contribution in [1.29, 1.82) is 0 Å². The van der Waals surface area contributed by atoms with Crippen LogP contribution in [0.5, 0.6) is 0 Å². The van der Waals surface area contributed by atoms with Crippen molar-refractivity contribution in [3.8, 4) is 0 Å². The molecule has 1 aromatic carbocycles. The van der Waals surface area contributed by atoms with Crippen molar-refractivity contribution in [2.24, 2.45) is 0 Å². The number of thiophene rings is 1. The Balaban J connectivity index is 2.38. The van der Waals surface area contributed by atoms with Crippen molar-refractivity contribution in [2.45, 2.75) is 4.21 Å². The van der Waals surface area contributed by atoms with E-state index in [2.05, 4.69) is 0 Å². The zero-order chi connectivity index (χ0) is 14.9. The molecule has 1 aromatic heterocycles. The lowest BCUT2D eigenvalue weighted by atomic mass is 10.3. The highest BCUT2D eigenvalue weighted by atomic mass is 32.2. The number of carboxylic acid groups (broad SMARTS) is 1. The van der Waals surface area contributed by atoms with E-state index in [0.29, 0.717) is 11.3 Å². The predicted molar refractivity (Wildman–Crippen MR) is 68.4 cm³/mol. The van der Waals surface area contributed by atoms with Crippen LogP contribution in [0.4, 0.5) is 14.5 Å². The van der Waals surface area contributed by atoms with E-state index in [0.717, 1.165) is 29.6 Å². The van der Waals surface area contributed by atoms with Crippen molar-refractivity contribution in [1.82, 2.24) is 0 Å². The molecule has 2 rings (SSSR count). The molecule has 20 heavy (non-hydrogen) atoms. The highest BCUT2D eigenvalue weighted by Crippen LogP contribution is 2.26. The van der Waals surface area contributed by atoms with E-state index in [1.807, 2.05) is 0 Å². The molecule has 0 atom stereocenters. The van der Waals surface area contributed by atoms with Gasteiger partial charge >= 0.3 is 5.97 Å². The standard InChI is InChI=1S/C11H7F2NO4S2/c12-7-2-1-3-8(13)10(7)14-20(17,18)9-4-6(5-19-9)11(15)16/h1-5,14H,(H,15,16). The number of hydrogen-bond donors (Lipinski definition) is 2. The second-order valence-electron chi connectivity index (χ2n) is 3.66. The number of hydrogen-bond acceptors (Lipinski definition) is 4. The average Bonchev–Trinajstić information content (AvgIpc) is 2.84. The first-order valence-electron chi connectivity index (χ1n) is 5.10. The van der Waals surface area contributed by atoms with Gasteiger partial charge in [0.05, 0.1) is 5.56 Å². The number of halogens is 2. The monoisotopic (exact) mass is 319 g/mol. The van der Waals surface area contributed by atoms with Crippen LogP contribution in [0.2, 0.25) is 0 Å². The van der Waals surface area contributed by atoms with Crippen LogP contribution >= 0.6 is 11.3 Å². The fraction of sp³-hybridized carbons (Fsp3) is 0. The Morgan fingerprint density at radius 2 is 1.85 bits per heavy atom. The molecule has 1 heterocycles. The number of anilines is 1. The molecule has 2 N–H and O–H groups in total. The van der Waals surface area contributed by atoms with Gasteiger partial charge in [0.1, 0.15) is 21.5 Å². The molecule has 0 saturated heterocycles. The zero-order valence-corrected chi connectivity index (χ0v) is 11.3. The second kappa shape index (κ2) is 5.17. The van der Waals surface area contributed by atoms with Gasteiger partial charge in [0.2, 0.25) is 0 Å². The van der Waals surface area contributed by atoms with E-state index in [1.165, 1.54) is 0 Å². The zero-order valence-electron chi connectivity index (χ0n) is 9.63. The van der Waals surface area contributed by atoms with Gasteiger partial charge in [0, 0.05) is 5.38 Å². The lowest BCUT2D eigenvalue weighted by Crippen LogP contribution is -2.14. The Morgan fingerprint density at radius 3 is 2.35 bits per heavy atom. The first-order chi connectivity index (χ1) is 9.31. The minimum Gasteiger partial charge on any atom is -0.478 e. The van der Waals surface area contributed by atoms with Gasteiger partial charge in [-0.2, -0.15) is 0 Å². The van der Waals surface area contributed by atoms with Crippen LogP contribution < -0.4 is 4.72 Å². The van der Waals surface area contributed by atoms with Crippen LogP contribution in [0.3, 0.4) is 0 Å². The van der Waals surface area contributed by atoms with E-state index in [4.69, 9.17) is 5.11 Å². The summed E-state index contributed by atoms with van der Waals surface area (Å²) in [6, 6.07) is 3.81. The molecule has 0 saturated carbocycles. The molecule has 0 bridgehead atoms. The summed E-state index contributed by atoms with van der Waals surface area (Å²) < 4.78 is 52.0. The Kier molecular flexibility index (Phi) is 3.73. The number of sulfonamides is 1. The molecular formula is C11H7F2NO4S2. The normalized spacial score (nSPS) is 11.3. The quantitative estimate of drug-likeness (QED) is 0.907. The highest BCUT2D eigenvalue weighted by Gasteiger charge is 2.22. The third-order valence-corrected chi connectivity index (χ3v) is 5.08. The molecule has 0 spiro atoms. The van der Waals surface area contributed by atoms with E-state index in [-0.39, 0.29) is 9.77 Å². The Bertz CT molecular complexity index is 750. The van der Waals surface area contributed by atoms with E-state index >= 15 is 0 Å². The molecule has 0 unspecified atom stereocenters. The first-order valence-corrected chi connectivity index (χ1v) is 7.46. The fourth-order valence-electron chi connectivity index (χ4n) is 1.35. The van der Waals surface area contributed by atoms with E-state index in [1.54, 1.807) is 4.72 Å². The van der Waals surface area contributed by atoms with E-state index in [9.17, 15) is 22.0 Å². The number of carbonyl (C=O) groups is 1. The summed E-state index contributed by atoms with van der Waals surface area (Å²) in [6.45, 7) is 0. The Morgan fingerprint density at radius 1 is 1.25 bits per heavy atom. The molecule has 0 amide bonds. The molecular weight excluding hydrogens is 312 g/mol. The van der Waals surface area contributed by atoms with Gasteiger partial charge in [-0.1, -0.05) is 6.07 Å². The molecule has 106 valence electrons. The molecule has 0 aliphatic carbocycles. The maximum absolute atomic E-state index is 13.4. The van der Waals surface area contributed by atoms with Gasteiger partial charge in [-0.25, -0.2) is 22.0 Å². The van der Waals surface area contributed by atoms with E-state index < -0.39 is 33.3 Å². The molecule has 2 aromatic rings. The lowest BCUT2D eigenvalue weighted by Gasteiger charge is -2.07. The van der Waals surface area contributed by atoms with Gasteiger partial charge in [-0.3, -0.25) is 4.72 Å². The van der Waals surface area contributed by atoms with Gasteiger partial charge in [0.15, 0.2) is 0 Å². The molecule has 9 heteroatoms. The Labute approximate surface area is 116 Å². The fourth-order valence-corrected chi connectivity index (χ4v) is 3.58. The maximum atomic E-state index is 13.4. The largest absolute Gasteiger partial charge is 0.478 e. The van der Waals surface area contributed by atoms with Crippen LogP contribution in [0.25, 0.3) is 0 Å². The summed E-state index contributed by atoms with van der Waals surface area (Å²) in [5.41, 5.74) is -1.03. The third kappa shape index (κ3) is 2.78. The number of aromatic carboxylic acids is 1. The number of para-hydroxylation sites is 1.